The summed E-state index contributed by atoms with van der Waals surface area (Å²) >= 11 is 0. The first kappa shape index (κ1) is 15.7. The van der Waals surface area contributed by atoms with Crippen LogP contribution in [0.3, 0.4) is 0 Å². The second-order valence-electron chi connectivity index (χ2n) is 5.29. The summed E-state index contributed by atoms with van der Waals surface area (Å²) in [5, 5.41) is 3.15. The fourth-order valence-electron chi connectivity index (χ4n) is 1.87. The summed E-state index contributed by atoms with van der Waals surface area (Å²) in [6, 6.07) is 10.8. The molecule has 0 aliphatic heterocycles. The number of hydrogen-bond donors (Lipinski definition) is 1. The molecule has 0 fully saturated rings. The molecule has 0 spiro atoms. The van der Waals surface area contributed by atoms with E-state index in [2.05, 4.69) is 29.6 Å². The Kier molecular flexibility index (Phi) is 7.19. The van der Waals surface area contributed by atoms with Crippen molar-refractivity contribution >= 4 is 5.91 Å². The maximum Gasteiger partial charge on any atom is 0.236 e. The first-order chi connectivity index (χ1) is 9.09. The van der Waals surface area contributed by atoms with Gasteiger partial charge in [-0.1, -0.05) is 44.2 Å². The SMILES string of the molecule is CC(C)NCC(=O)N(C)CCCCc1ccccc1. The molecule has 1 aromatic rings. The first-order valence-electron chi connectivity index (χ1n) is 7.11. The lowest BCUT2D eigenvalue weighted by Crippen LogP contribution is -2.38. The smallest absolute Gasteiger partial charge is 0.236 e. The van der Waals surface area contributed by atoms with Gasteiger partial charge >= 0.3 is 0 Å². The van der Waals surface area contributed by atoms with Gasteiger partial charge in [-0.3, -0.25) is 4.79 Å². The van der Waals surface area contributed by atoms with E-state index >= 15 is 0 Å². The van der Waals surface area contributed by atoms with Crippen molar-refractivity contribution in [3.63, 3.8) is 0 Å². The Hall–Kier alpha value is -1.35. The quantitative estimate of drug-likeness (QED) is 0.730. The highest BCUT2D eigenvalue weighted by Gasteiger charge is 2.08. The third-order valence-electron chi connectivity index (χ3n) is 3.14. The normalized spacial score (nSPS) is 10.7. The van der Waals surface area contributed by atoms with E-state index in [1.165, 1.54) is 5.56 Å². The zero-order valence-corrected chi connectivity index (χ0v) is 12.4. The molecule has 0 unspecified atom stereocenters. The van der Waals surface area contributed by atoms with Gasteiger partial charge in [0, 0.05) is 19.6 Å². The number of nitrogens with one attached hydrogen (secondary N) is 1. The molecule has 0 aromatic heterocycles. The number of likely N-dealkylation sites (N-methyl/N-ethyl adjacent to an activating group) is 1. The molecule has 0 radical (unpaired) electrons. The van der Waals surface area contributed by atoms with Crippen LogP contribution in [-0.2, 0) is 11.2 Å². The lowest BCUT2D eigenvalue weighted by Gasteiger charge is -2.18. The molecule has 0 heterocycles. The minimum absolute atomic E-state index is 0.174. The molecule has 0 atom stereocenters. The standard InChI is InChI=1S/C16H26N2O/c1-14(2)17-13-16(19)18(3)12-8-7-11-15-9-5-4-6-10-15/h4-6,9-10,14,17H,7-8,11-13H2,1-3H3. The summed E-state index contributed by atoms with van der Waals surface area (Å²) in [6.45, 7) is 5.37. The van der Waals surface area contributed by atoms with Crippen LogP contribution in [0.5, 0.6) is 0 Å². The predicted molar refractivity (Wildman–Crippen MR) is 80.2 cm³/mol. The molecule has 0 saturated carbocycles. The summed E-state index contributed by atoms with van der Waals surface area (Å²) in [4.78, 5) is 13.6. The third kappa shape index (κ3) is 6.97. The van der Waals surface area contributed by atoms with Crippen molar-refractivity contribution in [2.75, 3.05) is 20.1 Å². The number of carbonyl (C=O) groups excluding carboxylic acids is 1. The van der Waals surface area contributed by atoms with E-state index in [0.717, 1.165) is 25.8 Å². The van der Waals surface area contributed by atoms with E-state index in [1.54, 1.807) is 0 Å². The molecule has 1 N–H and O–H groups in total. The lowest BCUT2D eigenvalue weighted by atomic mass is 10.1. The predicted octanol–water partition coefficient (Wildman–Crippen LogP) is 2.47. The van der Waals surface area contributed by atoms with Gasteiger partial charge in [-0.15, -0.1) is 0 Å². The first-order valence-corrected chi connectivity index (χ1v) is 7.11. The molecule has 0 aliphatic rings. The Bertz CT molecular complexity index is 362. The Morgan fingerprint density at radius 2 is 1.89 bits per heavy atom. The second kappa shape index (κ2) is 8.70. The Morgan fingerprint density at radius 1 is 1.21 bits per heavy atom. The van der Waals surface area contributed by atoms with Crippen LogP contribution in [0.25, 0.3) is 0 Å². The monoisotopic (exact) mass is 262 g/mol. The van der Waals surface area contributed by atoms with Crippen LogP contribution in [0.4, 0.5) is 0 Å². The molecule has 3 nitrogen and oxygen atoms in total. The van der Waals surface area contributed by atoms with Crippen molar-refractivity contribution in [3.05, 3.63) is 35.9 Å². The molecule has 3 heteroatoms. The highest BCUT2D eigenvalue weighted by atomic mass is 16.2. The maximum absolute atomic E-state index is 11.8. The largest absolute Gasteiger partial charge is 0.345 e. The summed E-state index contributed by atoms with van der Waals surface area (Å²) in [5.74, 6) is 0.174. The number of rotatable bonds is 8. The minimum atomic E-state index is 0.174. The molecule has 1 amide bonds. The molecule has 19 heavy (non-hydrogen) atoms. The van der Waals surface area contributed by atoms with Gasteiger partial charge in [0.05, 0.1) is 6.54 Å². The number of aryl methyl sites for hydroxylation is 1. The molecular weight excluding hydrogens is 236 g/mol. The van der Waals surface area contributed by atoms with Crippen molar-refractivity contribution < 1.29 is 4.79 Å². The van der Waals surface area contributed by atoms with Crippen LogP contribution in [0.2, 0.25) is 0 Å². The van der Waals surface area contributed by atoms with Crippen LogP contribution in [0.15, 0.2) is 30.3 Å². The highest BCUT2D eigenvalue weighted by molar-refractivity contribution is 5.77. The summed E-state index contributed by atoms with van der Waals surface area (Å²) in [5.41, 5.74) is 1.37. The third-order valence-corrected chi connectivity index (χ3v) is 3.14. The van der Waals surface area contributed by atoms with E-state index in [0.29, 0.717) is 12.6 Å². The summed E-state index contributed by atoms with van der Waals surface area (Å²) in [7, 11) is 1.88. The van der Waals surface area contributed by atoms with Gasteiger partial charge < -0.3 is 10.2 Å². The number of amides is 1. The van der Waals surface area contributed by atoms with Gasteiger partial charge in [-0.25, -0.2) is 0 Å². The molecule has 0 saturated heterocycles. The Labute approximate surface area is 117 Å². The zero-order valence-electron chi connectivity index (χ0n) is 12.4. The van der Waals surface area contributed by atoms with Gasteiger partial charge in [-0.2, -0.15) is 0 Å². The van der Waals surface area contributed by atoms with E-state index in [9.17, 15) is 4.79 Å². The number of hydrogen-bond acceptors (Lipinski definition) is 2. The van der Waals surface area contributed by atoms with Crippen LogP contribution in [-0.4, -0.2) is 37.0 Å². The van der Waals surface area contributed by atoms with Gasteiger partial charge in [-0.05, 0) is 24.8 Å². The fraction of sp³-hybridized carbons (Fsp3) is 0.562. The molecule has 1 rings (SSSR count). The van der Waals surface area contributed by atoms with Gasteiger partial charge in [0.1, 0.15) is 0 Å². The lowest BCUT2D eigenvalue weighted by molar-refractivity contribution is -0.129. The number of nitrogens with zero attached hydrogens (tertiary/aromatic N) is 1. The van der Waals surface area contributed by atoms with Crippen molar-refractivity contribution in [2.24, 2.45) is 0 Å². The van der Waals surface area contributed by atoms with E-state index < -0.39 is 0 Å². The molecule has 0 bridgehead atoms. The molecule has 106 valence electrons. The summed E-state index contributed by atoms with van der Waals surface area (Å²) in [6.07, 6.45) is 3.27. The Balaban J connectivity index is 2.13. The van der Waals surface area contributed by atoms with Crippen LogP contribution in [0.1, 0.15) is 32.3 Å². The molecular formula is C16H26N2O. The van der Waals surface area contributed by atoms with Crippen LogP contribution < -0.4 is 5.32 Å². The minimum Gasteiger partial charge on any atom is -0.345 e. The molecule has 1 aromatic carbocycles. The van der Waals surface area contributed by atoms with Crippen LogP contribution in [0, 0.1) is 0 Å². The topological polar surface area (TPSA) is 32.3 Å². The fourth-order valence-corrected chi connectivity index (χ4v) is 1.87. The average Bonchev–Trinajstić information content (AvgIpc) is 2.41. The maximum atomic E-state index is 11.8. The van der Waals surface area contributed by atoms with Crippen molar-refractivity contribution in [1.29, 1.82) is 0 Å². The van der Waals surface area contributed by atoms with Gasteiger partial charge in [0.15, 0.2) is 0 Å². The van der Waals surface area contributed by atoms with E-state index in [-0.39, 0.29) is 5.91 Å². The van der Waals surface area contributed by atoms with E-state index in [1.807, 2.05) is 31.9 Å². The van der Waals surface area contributed by atoms with Crippen molar-refractivity contribution in [1.82, 2.24) is 10.2 Å². The zero-order chi connectivity index (χ0) is 14.1. The van der Waals surface area contributed by atoms with Gasteiger partial charge in [0.2, 0.25) is 5.91 Å². The van der Waals surface area contributed by atoms with Crippen molar-refractivity contribution in [3.8, 4) is 0 Å². The van der Waals surface area contributed by atoms with Crippen LogP contribution >= 0.6 is 0 Å². The highest BCUT2D eigenvalue weighted by Crippen LogP contribution is 2.04. The summed E-state index contributed by atoms with van der Waals surface area (Å²) < 4.78 is 0. The van der Waals surface area contributed by atoms with Crippen molar-refractivity contribution in [2.45, 2.75) is 39.2 Å². The second-order valence-corrected chi connectivity index (χ2v) is 5.29. The number of benzene rings is 1. The van der Waals surface area contributed by atoms with E-state index in [4.69, 9.17) is 0 Å². The number of unbranched alkanes of at least 4 members (excludes halogenated alkanes) is 1. The number of carbonyl (C=O) groups is 1. The average molecular weight is 262 g/mol. The Morgan fingerprint density at radius 3 is 2.53 bits per heavy atom. The van der Waals surface area contributed by atoms with Gasteiger partial charge in [0.25, 0.3) is 0 Å². The molecule has 0 aliphatic carbocycles.